The number of nitrogens with zero attached hydrogens (tertiary/aromatic N) is 1. The highest BCUT2D eigenvalue weighted by molar-refractivity contribution is 5.94. The number of rotatable bonds is 10. The minimum absolute atomic E-state index is 0.0843. The Labute approximate surface area is 202 Å². The lowest BCUT2D eigenvalue weighted by molar-refractivity contribution is -0.120. The van der Waals surface area contributed by atoms with Crippen molar-refractivity contribution in [3.63, 3.8) is 0 Å². The van der Waals surface area contributed by atoms with Crippen molar-refractivity contribution < 1.29 is 28.6 Å². The summed E-state index contributed by atoms with van der Waals surface area (Å²) in [6, 6.07) is 20.1. The van der Waals surface area contributed by atoms with Crippen molar-refractivity contribution in [2.24, 2.45) is 5.10 Å². The van der Waals surface area contributed by atoms with Crippen molar-refractivity contribution in [1.29, 1.82) is 0 Å². The summed E-state index contributed by atoms with van der Waals surface area (Å²) < 4.78 is 15.7. The standard InChI is InChI=1S/C26H25N3O6/c1-33-22-13-10-20(16-23(22)34-2)26(32)35-21-11-8-18(9-12-21)17-28-29-24(30)14-15-27-25(31)19-6-4-3-5-7-19/h3-13,16-17H,14-15H2,1-2H3,(H,27,31)(H,29,30)/b28-17-. The highest BCUT2D eigenvalue weighted by atomic mass is 16.5. The van der Waals surface area contributed by atoms with Gasteiger partial charge < -0.3 is 19.5 Å². The molecule has 3 rings (SSSR count). The zero-order valence-corrected chi connectivity index (χ0v) is 19.3. The predicted octanol–water partition coefficient (Wildman–Crippen LogP) is 3.19. The normalized spacial score (nSPS) is 10.5. The van der Waals surface area contributed by atoms with Crippen molar-refractivity contribution in [3.05, 3.63) is 89.5 Å². The second-order valence-corrected chi connectivity index (χ2v) is 7.19. The van der Waals surface area contributed by atoms with E-state index in [4.69, 9.17) is 14.2 Å². The number of amides is 2. The van der Waals surface area contributed by atoms with Gasteiger partial charge in [-0.15, -0.1) is 0 Å². The first-order valence-corrected chi connectivity index (χ1v) is 10.7. The third-order valence-corrected chi connectivity index (χ3v) is 4.79. The summed E-state index contributed by atoms with van der Waals surface area (Å²) in [4.78, 5) is 36.2. The van der Waals surface area contributed by atoms with Crippen LogP contribution in [0.4, 0.5) is 0 Å². The van der Waals surface area contributed by atoms with Gasteiger partial charge in [-0.2, -0.15) is 5.10 Å². The zero-order valence-electron chi connectivity index (χ0n) is 19.3. The fraction of sp³-hybridized carbons (Fsp3) is 0.154. The maximum absolute atomic E-state index is 12.4. The van der Waals surface area contributed by atoms with E-state index in [0.29, 0.717) is 33.9 Å². The molecule has 0 saturated heterocycles. The molecule has 2 N–H and O–H groups in total. The predicted molar refractivity (Wildman–Crippen MR) is 130 cm³/mol. The second-order valence-electron chi connectivity index (χ2n) is 7.19. The third-order valence-electron chi connectivity index (χ3n) is 4.79. The van der Waals surface area contributed by atoms with Crippen LogP contribution in [0.1, 0.15) is 32.7 Å². The van der Waals surface area contributed by atoms with Crippen LogP contribution >= 0.6 is 0 Å². The van der Waals surface area contributed by atoms with Gasteiger partial charge in [-0.05, 0) is 60.2 Å². The maximum Gasteiger partial charge on any atom is 0.343 e. The number of ether oxygens (including phenoxy) is 3. The summed E-state index contributed by atoms with van der Waals surface area (Å²) in [6.07, 6.45) is 1.54. The Hall–Kier alpha value is -4.66. The molecule has 0 aliphatic rings. The Balaban J connectivity index is 1.44. The molecular weight excluding hydrogens is 450 g/mol. The Morgan fingerprint density at radius 1 is 0.857 bits per heavy atom. The topological polar surface area (TPSA) is 115 Å². The van der Waals surface area contributed by atoms with E-state index in [0.717, 1.165) is 0 Å². The summed E-state index contributed by atoms with van der Waals surface area (Å²) in [6.45, 7) is 0.190. The number of hydrazone groups is 1. The molecule has 0 saturated carbocycles. The highest BCUT2D eigenvalue weighted by Crippen LogP contribution is 2.28. The number of hydrogen-bond donors (Lipinski definition) is 2. The van der Waals surface area contributed by atoms with E-state index in [2.05, 4.69) is 15.8 Å². The van der Waals surface area contributed by atoms with Crippen molar-refractivity contribution in [2.45, 2.75) is 6.42 Å². The summed E-state index contributed by atoms with van der Waals surface area (Å²) in [7, 11) is 3.00. The summed E-state index contributed by atoms with van der Waals surface area (Å²) in [5.74, 6) is 0.161. The molecular formula is C26H25N3O6. The van der Waals surface area contributed by atoms with Gasteiger partial charge in [-0.1, -0.05) is 18.2 Å². The quantitative estimate of drug-likeness (QED) is 0.201. The van der Waals surface area contributed by atoms with Crippen LogP contribution in [0.25, 0.3) is 0 Å². The maximum atomic E-state index is 12.4. The van der Waals surface area contributed by atoms with Crippen LogP contribution in [0.2, 0.25) is 0 Å². The number of esters is 1. The van der Waals surface area contributed by atoms with Gasteiger partial charge in [-0.3, -0.25) is 9.59 Å². The molecule has 0 aliphatic carbocycles. The first kappa shape index (κ1) is 25.0. The molecule has 2 amide bonds. The van der Waals surface area contributed by atoms with Crippen LogP contribution in [-0.4, -0.2) is 44.8 Å². The van der Waals surface area contributed by atoms with E-state index in [1.807, 2.05) is 6.07 Å². The van der Waals surface area contributed by atoms with E-state index in [1.165, 1.54) is 26.5 Å². The Morgan fingerprint density at radius 2 is 1.57 bits per heavy atom. The number of carbonyl (C=O) groups excluding carboxylic acids is 3. The summed E-state index contributed by atoms with van der Waals surface area (Å²) >= 11 is 0. The van der Waals surface area contributed by atoms with Gasteiger partial charge in [-0.25, -0.2) is 10.2 Å². The number of methoxy groups -OCH3 is 2. The van der Waals surface area contributed by atoms with Crippen LogP contribution < -0.4 is 25.0 Å². The van der Waals surface area contributed by atoms with E-state index in [9.17, 15) is 14.4 Å². The van der Waals surface area contributed by atoms with Crippen molar-refractivity contribution in [3.8, 4) is 17.2 Å². The van der Waals surface area contributed by atoms with E-state index < -0.39 is 5.97 Å². The number of nitrogens with one attached hydrogen (secondary N) is 2. The number of carbonyl (C=O) groups is 3. The van der Waals surface area contributed by atoms with Crippen molar-refractivity contribution in [1.82, 2.24) is 10.7 Å². The average molecular weight is 476 g/mol. The van der Waals surface area contributed by atoms with Crippen molar-refractivity contribution >= 4 is 24.0 Å². The first-order chi connectivity index (χ1) is 17.0. The fourth-order valence-electron chi connectivity index (χ4n) is 2.97. The fourth-order valence-corrected chi connectivity index (χ4v) is 2.97. The smallest absolute Gasteiger partial charge is 0.343 e. The molecule has 0 atom stereocenters. The molecule has 35 heavy (non-hydrogen) atoms. The lowest BCUT2D eigenvalue weighted by Crippen LogP contribution is -2.28. The molecule has 3 aromatic rings. The molecule has 9 nitrogen and oxygen atoms in total. The minimum Gasteiger partial charge on any atom is -0.493 e. The lowest BCUT2D eigenvalue weighted by Gasteiger charge is -2.09. The molecule has 3 aromatic carbocycles. The largest absolute Gasteiger partial charge is 0.493 e. The molecule has 180 valence electrons. The van der Waals surface area contributed by atoms with Crippen molar-refractivity contribution in [2.75, 3.05) is 20.8 Å². The Bertz CT molecular complexity index is 1190. The molecule has 0 bridgehead atoms. The minimum atomic E-state index is -0.543. The van der Waals surface area contributed by atoms with Gasteiger partial charge in [0.15, 0.2) is 11.5 Å². The van der Waals surface area contributed by atoms with Crippen LogP contribution in [0.5, 0.6) is 17.2 Å². The van der Waals surface area contributed by atoms with Gasteiger partial charge in [0.25, 0.3) is 5.91 Å². The number of benzene rings is 3. The zero-order chi connectivity index (χ0) is 25.0. The van der Waals surface area contributed by atoms with Crippen LogP contribution in [0.3, 0.4) is 0 Å². The van der Waals surface area contributed by atoms with Gasteiger partial charge in [0, 0.05) is 18.5 Å². The molecule has 0 radical (unpaired) electrons. The number of hydrogen-bond acceptors (Lipinski definition) is 7. The molecule has 0 aliphatic heterocycles. The van der Waals surface area contributed by atoms with E-state index in [1.54, 1.807) is 60.7 Å². The molecule has 0 spiro atoms. The van der Waals surface area contributed by atoms with Crippen LogP contribution in [0.15, 0.2) is 77.9 Å². The molecule has 9 heteroatoms. The second kappa shape index (κ2) is 12.5. The van der Waals surface area contributed by atoms with Gasteiger partial charge in [0.05, 0.1) is 26.0 Å². The van der Waals surface area contributed by atoms with Gasteiger partial charge >= 0.3 is 5.97 Å². The molecule has 0 unspecified atom stereocenters. The Kier molecular flexibility index (Phi) is 8.95. The third kappa shape index (κ3) is 7.43. The van der Waals surface area contributed by atoms with E-state index >= 15 is 0 Å². The van der Waals surface area contributed by atoms with Crippen LogP contribution in [-0.2, 0) is 4.79 Å². The molecule has 0 aromatic heterocycles. The summed E-state index contributed by atoms with van der Waals surface area (Å²) in [5.41, 5.74) is 3.94. The molecule has 0 fully saturated rings. The first-order valence-electron chi connectivity index (χ1n) is 10.7. The summed E-state index contributed by atoms with van der Waals surface area (Å²) in [5, 5.41) is 6.58. The monoisotopic (exact) mass is 475 g/mol. The van der Waals surface area contributed by atoms with Gasteiger partial charge in [0.2, 0.25) is 5.91 Å². The average Bonchev–Trinajstić information content (AvgIpc) is 2.89. The Morgan fingerprint density at radius 3 is 2.26 bits per heavy atom. The lowest BCUT2D eigenvalue weighted by atomic mass is 10.2. The van der Waals surface area contributed by atoms with E-state index in [-0.39, 0.29) is 24.8 Å². The van der Waals surface area contributed by atoms with Crippen LogP contribution in [0, 0.1) is 0 Å². The SMILES string of the molecule is COc1ccc(C(=O)Oc2ccc(/C=N\NC(=O)CCNC(=O)c3ccccc3)cc2)cc1OC. The molecule has 0 heterocycles. The van der Waals surface area contributed by atoms with Gasteiger partial charge in [0.1, 0.15) is 5.75 Å². The highest BCUT2D eigenvalue weighted by Gasteiger charge is 2.13.